The summed E-state index contributed by atoms with van der Waals surface area (Å²) in [5.74, 6) is 0.394. The van der Waals surface area contributed by atoms with Gasteiger partial charge in [0.05, 0.1) is 46.5 Å². The Balaban J connectivity index is 1.76. The highest BCUT2D eigenvalue weighted by molar-refractivity contribution is 9.12. The van der Waals surface area contributed by atoms with Crippen LogP contribution in [0.4, 0.5) is 0 Å². The first-order chi connectivity index (χ1) is 18.6. The fraction of sp³-hybridized carbons (Fsp3) is 0.160. The van der Waals surface area contributed by atoms with E-state index >= 15 is 0 Å². The van der Waals surface area contributed by atoms with Crippen LogP contribution in [-0.2, 0) is 4.79 Å². The molecule has 1 N–H and O–H groups in total. The smallest absolute Gasteiger partial charge is 0.343 e. The van der Waals surface area contributed by atoms with Gasteiger partial charge < -0.3 is 23.7 Å². The molecule has 0 saturated carbocycles. The molecule has 0 unspecified atom stereocenters. The van der Waals surface area contributed by atoms with Gasteiger partial charge in [0.2, 0.25) is 5.75 Å². The SMILES string of the molecule is COc1cc(C(=O)Oc2c(Br)cc(Br)cc2C=NNC(=O)COc2c(Br)cc(Br)cc2Br)cc(OC)c1OC. The maximum absolute atomic E-state index is 13.1. The number of halogens is 5. The average molecular weight is 859 g/mol. The second kappa shape index (κ2) is 14.5. The van der Waals surface area contributed by atoms with E-state index in [-0.39, 0.29) is 17.9 Å². The summed E-state index contributed by atoms with van der Waals surface area (Å²) in [7, 11) is 4.36. The van der Waals surface area contributed by atoms with Crippen molar-refractivity contribution >= 4 is 97.7 Å². The summed E-state index contributed by atoms with van der Waals surface area (Å²) in [4.78, 5) is 25.4. The minimum atomic E-state index is -0.685. The number of esters is 1. The van der Waals surface area contributed by atoms with Gasteiger partial charge in [0.1, 0.15) is 5.75 Å². The quantitative estimate of drug-likeness (QED) is 0.0991. The van der Waals surface area contributed by atoms with Gasteiger partial charge >= 0.3 is 5.97 Å². The van der Waals surface area contributed by atoms with Crippen LogP contribution < -0.4 is 29.1 Å². The minimum Gasteiger partial charge on any atom is -0.493 e. The lowest BCUT2D eigenvalue weighted by molar-refractivity contribution is -0.123. The molecule has 0 aliphatic carbocycles. The summed E-state index contributed by atoms with van der Waals surface area (Å²) < 4.78 is 30.5. The molecule has 0 atom stereocenters. The van der Waals surface area contributed by atoms with E-state index in [0.717, 1.165) is 4.47 Å². The summed E-state index contributed by atoms with van der Waals surface area (Å²) in [6, 6.07) is 9.92. The van der Waals surface area contributed by atoms with Gasteiger partial charge in [-0.1, -0.05) is 31.9 Å². The Labute approximate surface area is 266 Å². The molecule has 0 saturated heterocycles. The normalized spacial score (nSPS) is 10.8. The first-order valence-corrected chi connectivity index (χ1v) is 14.6. The van der Waals surface area contributed by atoms with Gasteiger partial charge in [-0.2, -0.15) is 5.10 Å². The summed E-state index contributed by atoms with van der Waals surface area (Å²) >= 11 is 17.0. The van der Waals surface area contributed by atoms with Crippen LogP contribution in [0.5, 0.6) is 28.7 Å². The Morgan fingerprint density at radius 2 is 1.31 bits per heavy atom. The summed E-state index contributed by atoms with van der Waals surface area (Å²) in [6.45, 7) is -0.290. The Hall–Kier alpha value is -2.13. The number of hydrogen-bond donors (Lipinski definition) is 1. The number of hydrazone groups is 1. The van der Waals surface area contributed by atoms with Crippen molar-refractivity contribution in [2.24, 2.45) is 5.10 Å². The van der Waals surface area contributed by atoms with Crippen molar-refractivity contribution in [3.8, 4) is 28.7 Å². The highest BCUT2D eigenvalue weighted by Gasteiger charge is 2.21. The third-order valence-electron chi connectivity index (χ3n) is 4.84. The Morgan fingerprint density at radius 3 is 1.85 bits per heavy atom. The van der Waals surface area contributed by atoms with E-state index in [0.29, 0.717) is 46.5 Å². The molecular formula is C25H19Br5N2O7. The van der Waals surface area contributed by atoms with E-state index in [1.807, 2.05) is 0 Å². The van der Waals surface area contributed by atoms with Crippen LogP contribution in [0.15, 0.2) is 63.9 Å². The molecule has 0 radical (unpaired) electrons. The second-order valence-corrected chi connectivity index (χ2v) is 11.8. The van der Waals surface area contributed by atoms with E-state index in [4.69, 9.17) is 23.7 Å². The number of rotatable bonds is 10. The Bertz CT molecular complexity index is 1380. The molecule has 14 heteroatoms. The zero-order valence-corrected chi connectivity index (χ0v) is 28.4. The van der Waals surface area contributed by atoms with Gasteiger partial charge in [-0.05, 0) is 84.2 Å². The summed E-state index contributed by atoms with van der Waals surface area (Å²) in [5, 5.41) is 3.99. The topological polar surface area (TPSA) is 105 Å². The van der Waals surface area contributed by atoms with Gasteiger partial charge in [-0.25, -0.2) is 10.2 Å². The van der Waals surface area contributed by atoms with Crippen molar-refractivity contribution in [1.29, 1.82) is 0 Å². The Morgan fingerprint density at radius 1 is 0.769 bits per heavy atom. The van der Waals surface area contributed by atoms with Crippen LogP contribution in [0.3, 0.4) is 0 Å². The van der Waals surface area contributed by atoms with Crippen LogP contribution in [-0.4, -0.2) is 46.0 Å². The number of carbonyl (C=O) groups excluding carboxylic acids is 2. The second-order valence-electron chi connectivity index (χ2n) is 7.39. The molecule has 0 heterocycles. The monoisotopic (exact) mass is 854 g/mol. The zero-order valence-electron chi connectivity index (χ0n) is 20.4. The van der Waals surface area contributed by atoms with E-state index in [9.17, 15) is 9.59 Å². The maximum atomic E-state index is 13.1. The van der Waals surface area contributed by atoms with E-state index in [1.165, 1.54) is 39.7 Å². The van der Waals surface area contributed by atoms with Crippen molar-refractivity contribution < 1.29 is 33.3 Å². The van der Waals surface area contributed by atoms with Gasteiger partial charge in [-0.3, -0.25) is 4.79 Å². The molecule has 0 fully saturated rings. The first-order valence-electron chi connectivity index (χ1n) is 10.7. The molecular weight excluding hydrogens is 840 g/mol. The summed E-state index contributed by atoms with van der Waals surface area (Å²) in [5.41, 5.74) is 2.96. The standard InChI is InChI=1S/C25H19Br5N2O7/c1-35-19-5-12(6-20(36-2)24(19)37-3)25(34)39-22-13(4-14(26)7-16(22)28)10-31-32-21(33)11-38-23-17(29)8-15(27)9-18(23)30/h4-10H,11H2,1-3H3,(H,32,33). The predicted molar refractivity (Wildman–Crippen MR) is 164 cm³/mol. The van der Waals surface area contributed by atoms with Gasteiger partial charge in [0.25, 0.3) is 5.91 Å². The molecule has 9 nitrogen and oxygen atoms in total. The lowest BCUT2D eigenvalue weighted by Gasteiger charge is -2.15. The number of hydrogen-bond acceptors (Lipinski definition) is 8. The number of methoxy groups -OCH3 is 3. The molecule has 3 rings (SSSR count). The van der Waals surface area contributed by atoms with Crippen molar-refractivity contribution in [1.82, 2.24) is 5.43 Å². The van der Waals surface area contributed by atoms with Crippen LogP contribution in [0.1, 0.15) is 15.9 Å². The Kier molecular flexibility index (Phi) is 11.7. The van der Waals surface area contributed by atoms with Gasteiger partial charge in [0.15, 0.2) is 23.9 Å². The minimum absolute atomic E-state index is 0.165. The lowest BCUT2D eigenvalue weighted by Crippen LogP contribution is -2.24. The molecule has 0 aromatic heterocycles. The maximum Gasteiger partial charge on any atom is 0.343 e. The molecule has 0 aliphatic heterocycles. The van der Waals surface area contributed by atoms with E-state index < -0.39 is 11.9 Å². The molecule has 0 spiro atoms. The molecule has 3 aromatic rings. The predicted octanol–water partition coefficient (Wildman–Crippen LogP) is 7.27. The van der Waals surface area contributed by atoms with Crippen LogP contribution in [0.25, 0.3) is 0 Å². The van der Waals surface area contributed by atoms with Gasteiger partial charge in [0, 0.05) is 14.5 Å². The number of nitrogens with one attached hydrogen (secondary N) is 1. The van der Waals surface area contributed by atoms with Crippen molar-refractivity contribution in [2.75, 3.05) is 27.9 Å². The average Bonchev–Trinajstić information content (AvgIpc) is 2.88. The summed E-state index contributed by atoms with van der Waals surface area (Å²) in [6.07, 6.45) is 1.34. The largest absolute Gasteiger partial charge is 0.493 e. The fourth-order valence-corrected chi connectivity index (χ4v) is 6.97. The van der Waals surface area contributed by atoms with Crippen LogP contribution in [0.2, 0.25) is 0 Å². The lowest BCUT2D eigenvalue weighted by atomic mass is 10.1. The highest BCUT2D eigenvalue weighted by Crippen LogP contribution is 2.39. The first kappa shape index (κ1) is 31.4. The molecule has 0 aliphatic rings. The molecule has 1 amide bonds. The molecule has 206 valence electrons. The number of carbonyl (C=O) groups is 2. The van der Waals surface area contributed by atoms with E-state index in [2.05, 4.69) is 90.2 Å². The zero-order chi connectivity index (χ0) is 28.7. The van der Waals surface area contributed by atoms with Crippen LogP contribution in [0, 0.1) is 0 Å². The van der Waals surface area contributed by atoms with E-state index in [1.54, 1.807) is 24.3 Å². The molecule has 3 aromatic carbocycles. The highest BCUT2D eigenvalue weighted by atomic mass is 79.9. The van der Waals surface area contributed by atoms with Crippen LogP contribution >= 0.6 is 79.6 Å². The van der Waals surface area contributed by atoms with Crippen molar-refractivity contribution in [3.63, 3.8) is 0 Å². The number of benzene rings is 3. The fourth-order valence-electron chi connectivity index (χ4n) is 3.15. The van der Waals surface area contributed by atoms with Gasteiger partial charge in [-0.15, -0.1) is 0 Å². The number of amides is 1. The van der Waals surface area contributed by atoms with Crippen molar-refractivity contribution in [2.45, 2.75) is 0 Å². The number of nitrogens with zero attached hydrogens (tertiary/aromatic N) is 1. The molecule has 39 heavy (non-hydrogen) atoms. The third kappa shape index (κ3) is 8.19. The number of ether oxygens (including phenoxy) is 5. The third-order valence-corrected chi connectivity index (χ3v) is 7.52. The van der Waals surface area contributed by atoms with Crippen molar-refractivity contribution in [3.05, 3.63) is 69.9 Å². The molecule has 0 bridgehead atoms.